The summed E-state index contributed by atoms with van der Waals surface area (Å²) in [5, 5.41) is 7.06. The average Bonchev–Trinajstić information content (AvgIpc) is 2.84. The number of nitrogens with zero attached hydrogens (tertiary/aromatic N) is 2. The van der Waals surface area contributed by atoms with Crippen molar-refractivity contribution in [3.63, 3.8) is 0 Å². The summed E-state index contributed by atoms with van der Waals surface area (Å²) < 4.78 is 0. The van der Waals surface area contributed by atoms with Gasteiger partial charge in [-0.25, -0.2) is 5.10 Å². The van der Waals surface area contributed by atoms with E-state index in [0.29, 0.717) is 11.7 Å². The maximum atomic E-state index is 12.3. The highest BCUT2D eigenvalue weighted by Gasteiger charge is 2.29. The quantitative estimate of drug-likeness (QED) is 0.858. The van der Waals surface area contributed by atoms with E-state index < -0.39 is 0 Å². The molecule has 1 saturated heterocycles. The number of nitrogens with one attached hydrogen (secondary N) is 1. The highest BCUT2D eigenvalue weighted by molar-refractivity contribution is 9.09. The zero-order valence-corrected chi connectivity index (χ0v) is 11.6. The topological polar surface area (TPSA) is 66.1 Å². The molecule has 2 rings (SSSR count). The number of hydrogen-bond donors (Lipinski definition) is 1. The largest absolute Gasteiger partial charge is 0.334 e. The van der Waals surface area contributed by atoms with Crippen LogP contribution >= 0.6 is 15.9 Å². The summed E-state index contributed by atoms with van der Waals surface area (Å²) >= 11 is 3.41. The molecule has 0 aliphatic carbocycles. The summed E-state index contributed by atoms with van der Waals surface area (Å²) in [5.74, 6) is -0.0803. The second-order valence-electron chi connectivity index (χ2n) is 4.43. The first-order valence-electron chi connectivity index (χ1n) is 6.15. The van der Waals surface area contributed by atoms with Gasteiger partial charge in [0.25, 0.3) is 11.5 Å². The highest BCUT2D eigenvalue weighted by Crippen LogP contribution is 2.23. The molecule has 0 bridgehead atoms. The Kier molecular flexibility index (Phi) is 4.52. The number of rotatable bonds is 4. The van der Waals surface area contributed by atoms with Crippen molar-refractivity contribution in [2.24, 2.45) is 0 Å². The van der Waals surface area contributed by atoms with Crippen LogP contribution in [0.4, 0.5) is 0 Å². The lowest BCUT2D eigenvalue weighted by Gasteiger charge is -2.24. The van der Waals surface area contributed by atoms with Crippen molar-refractivity contribution in [1.29, 1.82) is 0 Å². The van der Waals surface area contributed by atoms with Crippen LogP contribution < -0.4 is 5.56 Å². The molecule has 2 heterocycles. The van der Waals surface area contributed by atoms with E-state index in [9.17, 15) is 9.59 Å². The first-order valence-corrected chi connectivity index (χ1v) is 7.27. The second-order valence-corrected chi connectivity index (χ2v) is 5.23. The number of hydrogen-bond acceptors (Lipinski definition) is 3. The highest BCUT2D eigenvalue weighted by atomic mass is 79.9. The number of aromatic nitrogens is 2. The van der Waals surface area contributed by atoms with Gasteiger partial charge >= 0.3 is 0 Å². The van der Waals surface area contributed by atoms with Gasteiger partial charge in [0.2, 0.25) is 0 Å². The molecule has 1 N–H and O–H groups in total. The summed E-state index contributed by atoms with van der Waals surface area (Å²) in [6, 6.07) is 3.13. The summed E-state index contributed by atoms with van der Waals surface area (Å²) in [6.07, 6.45) is 4.18. The molecule has 1 atom stereocenters. The minimum atomic E-state index is -0.288. The van der Waals surface area contributed by atoms with Crippen molar-refractivity contribution in [2.45, 2.75) is 31.7 Å². The van der Waals surface area contributed by atoms with Crippen molar-refractivity contribution in [1.82, 2.24) is 15.1 Å². The lowest BCUT2D eigenvalue weighted by molar-refractivity contribution is 0.0723. The Labute approximate surface area is 114 Å². The third-order valence-corrected chi connectivity index (χ3v) is 3.77. The fraction of sp³-hybridized carbons (Fsp3) is 0.583. The van der Waals surface area contributed by atoms with Crippen molar-refractivity contribution >= 4 is 21.8 Å². The minimum Gasteiger partial charge on any atom is -0.334 e. The van der Waals surface area contributed by atoms with Gasteiger partial charge in [-0.15, -0.1) is 0 Å². The smallest absolute Gasteiger partial charge is 0.274 e. The van der Waals surface area contributed by atoms with Gasteiger partial charge in [0.05, 0.1) is 0 Å². The Hall–Kier alpha value is -1.17. The molecule has 0 spiro atoms. The SMILES string of the molecule is O=C(c1ccc(=O)[nH]n1)N1CCCC1CCCBr. The molecule has 1 aromatic rings. The normalized spacial score (nSPS) is 19.2. The van der Waals surface area contributed by atoms with Crippen molar-refractivity contribution in [3.8, 4) is 0 Å². The molecule has 5 nitrogen and oxygen atoms in total. The van der Waals surface area contributed by atoms with E-state index in [1.165, 1.54) is 12.1 Å². The third-order valence-electron chi connectivity index (χ3n) is 3.21. The Morgan fingerprint density at radius 2 is 2.39 bits per heavy atom. The standard InChI is InChI=1S/C12H16BrN3O2/c13-7-1-3-9-4-2-8-16(9)12(18)10-5-6-11(17)15-14-10/h5-6,9H,1-4,7-8H2,(H,15,17). The molecule has 0 radical (unpaired) electrons. The van der Waals surface area contributed by atoms with Gasteiger partial charge in [-0.3, -0.25) is 9.59 Å². The van der Waals surface area contributed by atoms with Gasteiger partial charge in [0, 0.05) is 24.0 Å². The summed E-state index contributed by atoms with van der Waals surface area (Å²) in [6.45, 7) is 0.784. The number of alkyl halides is 1. The maximum Gasteiger partial charge on any atom is 0.274 e. The minimum absolute atomic E-state index is 0.0803. The van der Waals surface area contributed by atoms with Crippen LogP contribution in [0.25, 0.3) is 0 Å². The first kappa shape index (κ1) is 13.3. The lowest BCUT2D eigenvalue weighted by Crippen LogP contribution is -2.36. The molecule has 1 aliphatic rings. The molecule has 1 fully saturated rings. The third kappa shape index (κ3) is 2.98. The molecule has 1 aliphatic heterocycles. The zero-order valence-electron chi connectivity index (χ0n) is 10.1. The summed E-state index contributed by atoms with van der Waals surface area (Å²) in [7, 11) is 0. The van der Waals surface area contributed by atoms with Gasteiger partial charge in [-0.1, -0.05) is 15.9 Å². The molecule has 98 valence electrons. The fourth-order valence-corrected chi connectivity index (χ4v) is 2.65. The monoisotopic (exact) mass is 313 g/mol. The van der Waals surface area contributed by atoms with Crippen LogP contribution in [0, 0.1) is 0 Å². The number of carbonyl (C=O) groups is 1. The zero-order chi connectivity index (χ0) is 13.0. The van der Waals surface area contributed by atoms with E-state index in [4.69, 9.17) is 0 Å². The Morgan fingerprint density at radius 1 is 1.56 bits per heavy atom. The van der Waals surface area contributed by atoms with Gasteiger partial charge in [0.1, 0.15) is 5.69 Å². The van der Waals surface area contributed by atoms with Gasteiger partial charge in [-0.05, 0) is 31.7 Å². The average molecular weight is 314 g/mol. The van der Waals surface area contributed by atoms with E-state index in [1.807, 2.05) is 4.90 Å². The van der Waals surface area contributed by atoms with Crippen LogP contribution in [0.15, 0.2) is 16.9 Å². The van der Waals surface area contributed by atoms with E-state index in [1.54, 1.807) is 0 Å². The van der Waals surface area contributed by atoms with Gasteiger partial charge in [0.15, 0.2) is 0 Å². The molecular weight excluding hydrogens is 298 g/mol. The molecule has 18 heavy (non-hydrogen) atoms. The predicted octanol–water partition coefficient (Wildman–Crippen LogP) is 1.55. The number of halogens is 1. The maximum absolute atomic E-state index is 12.3. The van der Waals surface area contributed by atoms with Crippen LogP contribution in [-0.4, -0.2) is 38.9 Å². The van der Waals surface area contributed by atoms with E-state index in [-0.39, 0.29) is 11.5 Å². The van der Waals surface area contributed by atoms with Crippen LogP contribution in [0.3, 0.4) is 0 Å². The van der Waals surface area contributed by atoms with Gasteiger partial charge < -0.3 is 4.90 Å². The molecule has 1 amide bonds. The molecule has 1 aromatic heterocycles. The van der Waals surface area contributed by atoms with Crippen LogP contribution in [-0.2, 0) is 0 Å². The number of carbonyl (C=O) groups excluding carboxylic acids is 1. The van der Waals surface area contributed by atoms with Crippen LogP contribution in [0.2, 0.25) is 0 Å². The molecule has 6 heteroatoms. The van der Waals surface area contributed by atoms with Crippen molar-refractivity contribution < 1.29 is 4.79 Å². The molecule has 1 unspecified atom stereocenters. The van der Waals surface area contributed by atoms with E-state index in [2.05, 4.69) is 26.1 Å². The molecule has 0 aromatic carbocycles. The van der Waals surface area contributed by atoms with Crippen LogP contribution in [0.5, 0.6) is 0 Å². The van der Waals surface area contributed by atoms with Crippen molar-refractivity contribution in [2.75, 3.05) is 11.9 Å². The van der Waals surface area contributed by atoms with E-state index in [0.717, 1.165) is 37.6 Å². The number of H-pyrrole nitrogens is 1. The van der Waals surface area contributed by atoms with Gasteiger partial charge in [-0.2, -0.15) is 5.10 Å². The Balaban J connectivity index is 2.07. The van der Waals surface area contributed by atoms with E-state index >= 15 is 0 Å². The molecule has 0 saturated carbocycles. The summed E-state index contributed by atoms with van der Waals surface area (Å²) in [4.78, 5) is 25.1. The first-order chi connectivity index (χ1) is 8.72. The van der Waals surface area contributed by atoms with Crippen molar-refractivity contribution in [3.05, 3.63) is 28.2 Å². The predicted molar refractivity (Wildman–Crippen MR) is 71.9 cm³/mol. The number of aromatic amines is 1. The molecular formula is C12H16BrN3O2. The second kappa shape index (κ2) is 6.13. The number of likely N-dealkylation sites (tertiary alicyclic amines) is 1. The lowest BCUT2D eigenvalue weighted by atomic mass is 10.1. The van der Waals surface area contributed by atoms with Crippen LogP contribution in [0.1, 0.15) is 36.2 Å². The summed E-state index contributed by atoms with van der Waals surface area (Å²) in [5.41, 5.74) is 0.0316. The number of amides is 1. The Bertz CT molecular complexity index is 454. The Morgan fingerprint density at radius 3 is 3.06 bits per heavy atom. The fourth-order valence-electron chi connectivity index (χ4n) is 2.33.